The lowest BCUT2D eigenvalue weighted by Crippen LogP contribution is -2.14. The van der Waals surface area contributed by atoms with Crippen molar-refractivity contribution in [2.75, 3.05) is 20.8 Å². The van der Waals surface area contributed by atoms with E-state index < -0.39 is 0 Å². The van der Waals surface area contributed by atoms with Crippen LogP contribution in [0.3, 0.4) is 0 Å². The molecule has 0 heterocycles. The Morgan fingerprint density at radius 1 is 1.12 bits per heavy atom. The quantitative estimate of drug-likeness (QED) is 0.344. The van der Waals surface area contributed by atoms with Crippen molar-refractivity contribution in [3.63, 3.8) is 0 Å². The molecule has 2 aromatic rings. The van der Waals surface area contributed by atoms with Gasteiger partial charge in [0, 0.05) is 12.6 Å². The summed E-state index contributed by atoms with van der Waals surface area (Å²) in [5, 5.41) is 11.6. The second-order valence-electron chi connectivity index (χ2n) is 5.09. The number of hydrogen-bond donors (Lipinski definition) is 2. The number of hydrogen-bond acceptors (Lipinski definition) is 5. The minimum atomic E-state index is -0.371. The summed E-state index contributed by atoms with van der Waals surface area (Å²) in [4.78, 5) is 20.9. The standard InChI is InChI=1S/C13H15NO3.C7H8O2/c1-17-13(16)7-6-11-2-4-12(5-3-11)8-9-14-10-15;1-9-7-5-3-2-4-6(7)8/h2-7,10H,8-9H2,1H3,(H,14,15);2-5,8H,1H3/b7-6+;. The maximum absolute atomic E-state index is 10.9. The number of carbonyl (C=O) groups is 2. The number of para-hydroxylation sites is 2. The molecule has 2 rings (SSSR count). The zero-order valence-electron chi connectivity index (χ0n) is 14.8. The summed E-state index contributed by atoms with van der Waals surface area (Å²) in [6, 6.07) is 14.6. The van der Waals surface area contributed by atoms with Crippen LogP contribution in [0.15, 0.2) is 54.6 Å². The summed E-state index contributed by atoms with van der Waals surface area (Å²) in [7, 11) is 2.87. The summed E-state index contributed by atoms with van der Waals surface area (Å²) < 4.78 is 9.29. The van der Waals surface area contributed by atoms with E-state index in [1.807, 2.05) is 24.3 Å². The number of ether oxygens (including phenoxy) is 2. The number of methoxy groups -OCH3 is 2. The van der Waals surface area contributed by atoms with E-state index in [0.717, 1.165) is 17.5 Å². The summed E-state index contributed by atoms with van der Waals surface area (Å²) in [5.74, 6) is 0.321. The van der Waals surface area contributed by atoms with Crippen molar-refractivity contribution >= 4 is 18.5 Å². The molecule has 0 unspecified atom stereocenters. The average molecular weight is 357 g/mol. The highest BCUT2D eigenvalue weighted by atomic mass is 16.5. The van der Waals surface area contributed by atoms with Crippen molar-refractivity contribution in [3.8, 4) is 11.5 Å². The Morgan fingerprint density at radius 3 is 2.35 bits per heavy atom. The molecule has 2 N–H and O–H groups in total. The molecule has 0 aliphatic heterocycles. The van der Waals surface area contributed by atoms with E-state index in [0.29, 0.717) is 18.7 Å². The van der Waals surface area contributed by atoms with E-state index >= 15 is 0 Å². The maximum atomic E-state index is 10.9. The zero-order chi connectivity index (χ0) is 19.2. The van der Waals surface area contributed by atoms with E-state index in [2.05, 4.69) is 10.1 Å². The molecular weight excluding hydrogens is 334 g/mol. The second kappa shape index (κ2) is 12.1. The molecule has 138 valence electrons. The van der Waals surface area contributed by atoms with Crippen molar-refractivity contribution in [1.82, 2.24) is 5.32 Å². The van der Waals surface area contributed by atoms with Gasteiger partial charge in [-0.1, -0.05) is 36.4 Å². The van der Waals surface area contributed by atoms with Gasteiger partial charge >= 0.3 is 5.97 Å². The number of nitrogens with one attached hydrogen (secondary N) is 1. The third-order valence-corrected chi connectivity index (χ3v) is 3.32. The topological polar surface area (TPSA) is 84.9 Å². The van der Waals surface area contributed by atoms with Gasteiger partial charge in [0.25, 0.3) is 0 Å². The molecule has 6 nitrogen and oxygen atoms in total. The van der Waals surface area contributed by atoms with Crippen LogP contribution >= 0.6 is 0 Å². The first-order valence-corrected chi connectivity index (χ1v) is 7.94. The Hall–Kier alpha value is -3.28. The van der Waals surface area contributed by atoms with Gasteiger partial charge in [-0.3, -0.25) is 4.79 Å². The third-order valence-electron chi connectivity index (χ3n) is 3.32. The molecule has 6 heteroatoms. The first-order valence-electron chi connectivity index (χ1n) is 7.94. The van der Waals surface area contributed by atoms with Gasteiger partial charge in [0.2, 0.25) is 6.41 Å². The Labute approximate surface area is 153 Å². The molecule has 0 saturated carbocycles. The Bertz CT molecular complexity index is 710. The van der Waals surface area contributed by atoms with Gasteiger partial charge in [-0.05, 0) is 35.8 Å². The normalized spacial score (nSPS) is 9.77. The highest BCUT2D eigenvalue weighted by molar-refractivity contribution is 5.86. The first-order chi connectivity index (χ1) is 12.6. The predicted octanol–water partition coefficient (Wildman–Crippen LogP) is 2.56. The number of esters is 1. The molecule has 0 aliphatic carbocycles. The van der Waals surface area contributed by atoms with Gasteiger partial charge < -0.3 is 19.9 Å². The van der Waals surface area contributed by atoms with Crippen molar-refractivity contribution in [3.05, 3.63) is 65.7 Å². The van der Waals surface area contributed by atoms with Gasteiger partial charge in [-0.15, -0.1) is 0 Å². The van der Waals surface area contributed by atoms with Gasteiger partial charge in [0.15, 0.2) is 11.5 Å². The molecule has 0 saturated heterocycles. The Morgan fingerprint density at radius 2 is 1.81 bits per heavy atom. The van der Waals surface area contributed by atoms with E-state index in [1.54, 1.807) is 30.3 Å². The van der Waals surface area contributed by atoms with Crippen LogP contribution in [0.5, 0.6) is 11.5 Å². The lowest BCUT2D eigenvalue weighted by Gasteiger charge is -2.01. The molecule has 26 heavy (non-hydrogen) atoms. The number of phenolic OH excluding ortho intramolecular Hbond substituents is 1. The van der Waals surface area contributed by atoms with E-state index in [-0.39, 0.29) is 11.7 Å². The summed E-state index contributed by atoms with van der Waals surface area (Å²) >= 11 is 0. The Kier molecular flexibility index (Phi) is 9.69. The van der Waals surface area contributed by atoms with Crippen LogP contribution in [-0.2, 0) is 20.7 Å². The summed E-state index contributed by atoms with van der Waals surface area (Å²) in [5.41, 5.74) is 2.07. The van der Waals surface area contributed by atoms with Crippen molar-refractivity contribution in [1.29, 1.82) is 0 Å². The van der Waals surface area contributed by atoms with Crippen LogP contribution in [0.2, 0.25) is 0 Å². The molecule has 0 atom stereocenters. The fourth-order valence-electron chi connectivity index (χ4n) is 1.93. The molecule has 0 radical (unpaired) electrons. The SMILES string of the molecule is COC(=O)/C=C/c1ccc(CCNC=O)cc1.COc1ccccc1O. The van der Waals surface area contributed by atoms with Gasteiger partial charge in [-0.25, -0.2) is 4.79 Å². The van der Waals surface area contributed by atoms with Crippen LogP contribution in [0.1, 0.15) is 11.1 Å². The summed E-state index contributed by atoms with van der Waals surface area (Å²) in [6.07, 6.45) is 4.55. The number of rotatable bonds is 7. The fourth-order valence-corrected chi connectivity index (χ4v) is 1.93. The molecule has 0 spiro atoms. The largest absolute Gasteiger partial charge is 0.504 e. The molecule has 2 aromatic carbocycles. The van der Waals surface area contributed by atoms with Crippen LogP contribution in [0.4, 0.5) is 0 Å². The lowest BCUT2D eigenvalue weighted by molar-refractivity contribution is -0.134. The van der Waals surface area contributed by atoms with E-state index in [4.69, 9.17) is 9.84 Å². The lowest BCUT2D eigenvalue weighted by atomic mass is 10.1. The number of phenols is 1. The van der Waals surface area contributed by atoms with Crippen molar-refractivity contribution < 1.29 is 24.2 Å². The van der Waals surface area contributed by atoms with Gasteiger partial charge in [-0.2, -0.15) is 0 Å². The minimum absolute atomic E-state index is 0.181. The highest BCUT2D eigenvalue weighted by Gasteiger charge is 1.95. The van der Waals surface area contributed by atoms with E-state index in [9.17, 15) is 9.59 Å². The highest BCUT2D eigenvalue weighted by Crippen LogP contribution is 2.23. The predicted molar refractivity (Wildman–Crippen MR) is 99.9 cm³/mol. The molecule has 1 amide bonds. The molecule has 0 aromatic heterocycles. The Balaban J connectivity index is 0.000000314. The van der Waals surface area contributed by atoms with Crippen molar-refractivity contribution in [2.45, 2.75) is 6.42 Å². The molecule has 0 bridgehead atoms. The summed E-state index contributed by atoms with van der Waals surface area (Å²) in [6.45, 7) is 0.626. The number of benzene rings is 2. The second-order valence-corrected chi connectivity index (χ2v) is 5.09. The third kappa shape index (κ3) is 8.01. The van der Waals surface area contributed by atoms with E-state index in [1.165, 1.54) is 20.3 Å². The van der Waals surface area contributed by atoms with Crippen molar-refractivity contribution in [2.24, 2.45) is 0 Å². The van der Waals surface area contributed by atoms with Crippen LogP contribution < -0.4 is 10.1 Å². The molecule has 0 aliphatic rings. The number of amides is 1. The molecular formula is C20H23NO5. The van der Waals surface area contributed by atoms with Crippen LogP contribution in [0, 0.1) is 0 Å². The smallest absolute Gasteiger partial charge is 0.330 e. The van der Waals surface area contributed by atoms with Crippen LogP contribution in [0.25, 0.3) is 6.08 Å². The number of aromatic hydroxyl groups is 1. The van der Waals surface area contributed by atoms with Gasteiger partial charge in [0.1, 0.15) is 0 Å². The van der Waals surface area contributed by atoms with Crippen LogP contribution in [-0.4, -0.2) is 38.3 Å². The average Bonchev–Trinajstić information content (AvgIpc) is 2.68. The first kappa shape index (κ1) is 20.8. The minimum Gasteiger partial charge on any atom is -0.504 e. The van der Waals surface area contributed by atoms with Gasteiger partial charge in [0.05, 0.1) is 14.2 Å². The maximum Gasteiger partial charge on any atom is 0.330 e. The number of carbonyl (C=O) groups excluding carboxylic acids is 2. The zero-order valence-corrected chi connectivity index (χ0v) is 14.8. The fraction of sp³-hybridized carbons (Fsp3) is 0.200. The molecule has 0 fully saturated rings. The monoisotopic (exact) mass is 357 g/mol.